The molecular formula is C15H16OP+. The zero-order valence-electron chi connectivity index (χ0n) is 10.4. The van der Waals surface area contributed by atoms with Gasteiger partial charge in [-0.1, -0.05) is 40.5 Å². The molecule has 1 atom stereocenters. The van der Waals surface area contributed by atoms with Crippen molar-refractivity contribution in [2.45, 2.75) is 20.8 Å². The van der Waals surface area contributed by atoms with E-state index < -0.39 is 7.80 Å². The highest BCUT2D eigenvalue weighted by Gasteiger charge is 2.27. The topological polar surface area (TPSA) is 17.1 Å². The number of hydrogen-bond donors (Lipinski definition) is 0. The quantitative estimate of drug-likeness (QED) is 0.739. The van der Waals surface area contributed by atoms with Crippen LogP contribution in [0.1, 0.15) is 16.7 Å². The van der Waals surface area contributed by atoms with Gasteiger partial charge in [-0.15, -0.1) is 0 Å². The van der Waals surface area contributed by atoms with Crippen LogP contribution >= 0.6 is 7.80 Å². The van der Waals surface area contributed by atoms with E-state index >= 15 is 0 Å². The van der Waals surface area contributed by atoms with Crippen LogP contribution in [0.2, 0.25) is 0 Å². The van der Waals surface area contributed by atoms with Gasteiger partial charge in [-0.25, -0.2) is 0 Å². The highest BCUT2D eigenvalue weighted by molar-refractivity contribution is 7.61. The van der Waals surface area contributed by atoms with Crippen molar-refractivity contribution in [2.24, 2.45) is 0 Å². The third-order valence-corrected chi connectivity index (χ3v) is 4.71. The second kappa shape index (κ2) is 4.81. The largest absolute Gasteiger partial charge is 0.415 e. The van der Waals surface area contributed by atoms with Gasteiger partial charge in [0.25, 0.3) is 0 Å². The first-order valence-corrected chi connectivity index (χ1v) is 6.95. The number of benzene rings is 2. The second-order valence-electron chi connectivity index (χ2n) is 4.38. The number of aryl methyl sites for hydroxylation is 3. The van der Waals surface area contributed by atoms with Crippen LogP contribution in [0.4, 0.5) is 0 Å². The van der Waals surface area contributed by atoms with Crippen molar-refractivity contribution in [3.8, 4) is 0 Å². The van der Waals surface area contributed by atoms with Crippen LogP contribution in [0.25, 0.3) is 0 Å². The summed E-state index contributed by atoms with van der Waals surface area (Å²) in [7, 11) is -1.47. The molecule has 0 aliphatic rings. The van der Waals surface area contributed by atoms with E-state index in [0.29, 0.717) is 0 Å². The zero-order valence-corrected chi connectivity index (χ0v) is 11.3. The Labute approximate surface area is 103 Å². The average molecular weight is 243 g/mol. The van der Waals surface area contributed by atoms with Crippen molar-refractivity contribution in [2.75, 3.05) is 0 Å². The molecule has 0 radical (unpaired) electrons. The summed E-state index contributed by atoms with van der Waals surface area (Å²) >= 11 is 0. The highest BCUT2D eigenvalue weighted by atomic mass is 31.1. The first kappa shape index (κ1) is 12.0. The SMILES string of the molecule is Cc1cc(C)c([P+](=O)c2ccccc2)c(C)c1. The van der Waals surface area contributed by atoms with Crippen molar-refractivity contribution < 1.29 is 4.57 Å². The zero-order chi connectivity index (χ0) is 12.4. The van der Waals surface area contributed by atoms with E-state index in [2.05, 4.69) is 19.1 Å². The third-order valence-electron chi connectivity index (χ3n) is 2.83. The molecule has 0 saturated carbocycles. The predicted molar refractivity (Wildman–Crippen MR) is 74.0 cm³/mol. The van der Waals surface area contributed by atoms with Crippen LogP contribution in [0.5, 0.6) is 0 Å². The first-order valence-electron chi connectivity index (χ1n) is 5.70. The van der Waals surface area contributed by atoms with Crippen molar-refractivity contribution in [3.05, 3.63) is 59.2 Å². The van der Waals surface area contributed by atoms with Gasteiger partial charge in [0.05, 0.1) is 0 Å². The molecule has 0 spiro atoms. The maximum absolute atomic E-state index is 12.5. The minimum atomic E-state index is -1.47. The van der Waals surface area contributed by atoms with Gasteiger partial charge < -0.3 is 0 Å². The summed E-state index contributed by atoms with van der Waals surface area (Å²) in [6, 6.07) is 13.9. The van der Waals surface area contributed by atoms with Crippen molar-refractivity contribution in [1.29, 1.82) is 0 Å². The van der Waals surface area contributed by atoms with Gasteiger partial charge in [0.2, 0.25) is 5.30 Å². The summed E-state index contributed by atoms with van der Waals surface area (Å²) < 4.78 is 12.5. The minimum Gasteiger partial charge on any atom is -0.0619 e. The summed E-state index contributed by atoms with van der Waals surface area (Å²) in [5, 5.41) is 1.88. The molecule has 2 aromatic carbocycles. The van der Waals surface area contributed by atoms with Gasteiger partial charge in [0, 0.05) is 11.1 Å². The Morgan fingerprint density at radius 3 is 1.94 bits per heavy atom. The normalized spacial score (nSPS) is 11.4. The lowest BCUT2D eigenvalue weighted by Gasteiger charge is -2.02. The van der Waals surface area contributed by atoms with Crippen molar-refractivity contribution in [1.82, 2.24) is 0 Å². The van der Waals surface area contributed by atoms with Crippen molar-refractivity contribution in [3.63, 3.8) is 0 Å². The average Bonchev–Trinajstić information content (AvgIpc) is 2.28. The Morgan fingerprint density at radius 2 is 1.41 bits per heavy atom. The Hall–Kier alpha value is -1.46. The van der Waals surface area contributed by atoms with Gasteiger partial charge in [-0.2, -0.15) is 0 Å². The fourth-order valence-electron chi connectivity index (χ4n) is 2.19. The fourth-order valence-corrected chi connectivity index (χ4v) is 3.66. The molecule has 1 unspecified atom stereocenters. The van der Waals surface area contributed by atoms with E-state index in [-0.39, 0.29) is 0 Å². The van der Waals surface area contributed by atoms with Gasteiger partial charge in [0.15, 0.2) is 5.30 Å². The molecule has 0 N–H and O–H groups in total. The smallest absolute Gasteiger partial charge is 0.0619 e. The predicted octanol–water partition coefficient (Wildman–Crippen LogP) is 3.39. The van der Waals surface area contributed by atoms with Gasteiger partial charge in [-0.3, -0.25) is 0 Å². The molecule has 0 bridgehead atoms. The standard InChI is InChI=1S/C15H16OP/c1-11-9-12(2)15(13(3)10-11)17(16)14-7-5-4-6-8-14/h4-10H,1-3H3/q+1. The Morgan fingerprint density at radius 1 is 0.882 bits per heavy atom. The molecule has 0 amide bonds. The van der Waals surface area contributed by atoms with Crippen LogP contribution < -0.4 is 10.6 Å². The Bertz CT molecular complexity index is 535. The van der Waals surface area contributed by atoms with Crippen LogP contribution in [-0.2, 0) is 4.57 Å². The monoisotopic (exact) mass is 243 g/mol. The van der Waals surface area contributed by atoms with Crippen molar-refractivity contribution >= 4 is 18.4 Å². The Balaban J connectivity index is 2.52. The molecule has 0 saturated heterocycles. The molecule has 0 heterocycles. The molecule has 0 aliphatic heterocycles. The number of rotatable bonds is 2. The molecule has 17 heavy (non-hydrogen) atoms. The van der Waals surface area contributed by atoms with E-state index in [4.69, 9.17) is 0 Å². The molecular weight excluding hydrogens is 227 g/mol. The maximum Gasteiger partial charge on any atom is 0.415 e. The lowest BCUT2D eigenvalue weighted by molar-refractivity contribution is 0.598. The molecule has 2 aromatic rings. The van der Waals surface area contributed by atoms with E-state index in [0.717, 1.165) is 21.7 Å². The molecule has 1 nitrogen and oxygen atoms in total. The minimum absolute atomic E-state index is 0.901. The molecule has 0 fully saturated rings. The van der Waals surface area contributed by atoms with Gasteiger partial charge in [-0.05, 0) is 32.9 Å². The van der Waals surface area contributed by atoms with Crippen LogP contribution in [0.3, 0.4) is 0 Å². The van der Waals surface area contributed by atoms with E-state index in [1.807, 2.05) is 44.2 Å². The lowest BCUT2D eigenvalue weighted by Crippen LogP contribution is -2.13. The first-order chi connectivity index (χ1) is 8.09. The molecule has 2 rings (SSSR count). The number of hydrogen-bond acceptors (Lipinski definition) is 1. The van der Waals surface area contributed by atoms with E-state index in [1.54, 1.807) is 0 Å². The molecule has 2 heteroatoms. The molecule has 86 valence electrons. The van der Waals surface area contributed by atoms with Crippen LogP contribution in [0.15, 0.2) is 42.5 Å². The highest BCUT2D eigenvalue weighted by Crippen LogP contribution is 2.24. The van der Waals surface area contributed by atoms with Gasteiger partial charge in [0.1, 0.15) is 0 Å². The summed E-state index contributed by atoms with van der Waals surface area (Å²) in [5.74, 6) is 0. The molecule has 0 aromatic heterocycles. The summed E-state index contributed by atoms with van der Waals surface area (Å²) in [6.45, 7) is 6.14. The van der Waals surface area contributed by atoms with E-state index in [1.165, 1.54) is 5.56 Å². The Kier molecular flexibility index (Phi) is 3.40. The molecule has 0 aliphatic carbocycles. The summed E-state index contributed by atoms with van der Waals surface area (Å²) in [4.78, 5) is 0. The van der Waals surface area contributed by atoms with E-state index in [9.17, 15) is 4.57 Å². The van der Waals surface area contributed by atoms with Crippen LogP contribution in [0, 0.1) is 20.8 Å². The maximum atomic E-state index is 12.5. The second-order valence-corrected chi connectivity index (χ2v) is 5.93. The third kappa shape index (κ3) is 2.45. The summed E-state index contributed by atoms with van der Waals surface area (Å²) in [6.07, 6.45) is 0. The lowest BCUT2D eigenvalue weighted by atomic mass is 10.1. The van der Waals surface area contributed by atoms with Gasteiger partial charge >= 0.3 is 7.80 Å². The fraction of sp³-hybridized carbons (Fsp3) is 0.200. The summed E-state index contributed by atoms with van der Waals surface area (Å²) in [5.41, 5.74) is 3.46. The van der Waals surface area contributed by atoms with Crippen LogP contribution in [-0.4, -0.2) is 0 Å².